The van der Waals surface area contributed by atoms with Gasteiger partial charge in [0.2, 0.25) is 0 Å². The number of phenols is 3. The predicted molar refractivity (Wildman–Crippen MR) is 88.6 cm³/mol. The summed E-state index contributed by atoms with van der Waals surface area (Å²) in [5.41, 5.74) is 1.51. The number of aryl methyl sites for hydroxylation is 1. The fraction of sp³-hybridized carbons (Fsp3) is 0.333. The van der Waals surface area contributed by atoms with Crippen molar-refractivity contribution < 1.29 is 20.4 Å². The quantitative estimate of drug-likeness (QED) is 0.381. The van der Waals surface area contributed by atoms with Crippen molar-refractivity contribution in [3.05, 3.63) is 53.6 Å². The van der Waals surface area contributed by atoms with E-state index in [1.807, 2.05) is 18.2 Å². The number of benzene rings is 2. The molecular weight excluding hydrogens is 294 g/mol. The lowest BCUT2D eigenvalue weighted by Gasteiger charge is -2.13. The maximum Gasteiger partial charge on any atom is 0.157 e. The minimum Gasteiger partial charge on any atom is -0.508 e. The van der Waals surface area contributed by atoms with Crippen LogP contribution in [0.5, 0.6) is 17.2 Å². The van der Waals surface area contributed by atoms with Gasteiger partial charge in [-0.3, -0.25) is 0 Å². The summed E-state index contributed by atoms with van der Waals surface area (Å²) in [7, 11) is 0. The SMILES string of the molecule is Oc1ccc(C(O)CNCCCCc2ccccc2O)cc1O. The summed E-state index contributed by atoms with van der Waals surface area (Å²) in [6.07, 6.45) is 1.96. The van der Waals surface area contributed by atoms with Crippen LogP contribution in [0.25, 0.3) is 0 Å². The second-order valence-corrected chi connectivity index (χ2v) is 5.55. The number of aromatic hydroxyl groups is 3. The molecule has 0 saturated carbocycles. The molecule has 0 aliphatic carbocycles. The van der Waals surface area contributed by atoms with Gasteiger partial charge in [0.05, 0.1) is 6.10 Å². The number of unbranched alkanes of at least 4 members (excludes halogenated alkanes) is 1. The number of hydrogen-bond donors (Lipinski definition) is 5. The van der Waals surface area contributed by atoms with Crippen molar-refractivity contribution in [1.29, 1.82) is 0 Å². The smallest absolute Gasteiger partial charge is 0.157 e. The van der Waals surface area contributed by atoms with Crippen molar-refractivity contribution >= 4 is 0 Å². The van der Waals surface area contributed by atoms with E-state index in [0.29, 0.717) is 17.9 Å². The van der Waals surface area contributed by atoms with E-state index in [2.05, 4.69) is 5.32 Å². The van der Waals surface area contributed by atoms with E-state index >= 15 is 0 Å². The fourth-order valence-electron chi connectivity index (χ4n) is 2.39. The Kier molecular flexibility index (Phi) is 6.26. The van der Waals surface area contributed by atoms with Crippen LogP contribution in [0.4, 0.5) is 0 Å². The molecule has 1 unspecified atom stereocenters. The average Bonchev–Trinajstić information content (AvgIpc) is 2.54. The highest BCUT2D eigenvalue weighted by Crippen LogP contribution is 2.27. The van der Waals surface area contributed by atoms with Crippen LogP contribution in [0.15, 0.2) is 42.5 Å². The first-order chi connectivity index (χ1) is 11.1. The van der Waals surface area contributed by atoms with Gasteiger partial charge >= 0.3 is 0 Å². The van der Waals surface area contributed by atoms with E-state index in [0.717, 1.165) is 31.4 Å². The van der Waals surface area contributed by atoms with E-state index in [-0.39, 0.29) is 11.5 Å². The predicted octanol–water partition coefficient (Wildman–Crippen LogP) is 2.45. The van der Waals surface area contributed by atoms with Crippen LogP contribution >= 0.6 is 0 Å². The summed E-state index contributed by atoms with van der Waals surface area (Å²) in [6, 6.07) is 11.6. The normalized spacial score (nSPS) is 12.2. The average molecular weight is 317 g/mol. The molecule has 5 N–H and O–H groups in total. The minimum absolute atomic E-state index is 0.196. The maximum absolute atomic E-state index is 10.0. The molecule has 0 aliphatic rings. The first-order valence-electron chi connectivity index (χ1n) is 7.75. The maximum atomic E-state index is 10.0. The topological polar surface area (TPSA) is 93.0 Å². The van der Waals surface area contributed by atoms with Gasteiger partial charge in [-0.05, 0) is 55.1 Å². The molecule has 0 amide bonds. The van der Waals surface area contributed by atoms with Crippen LogP contribution in [0, 0.1) is 0 Å². The third kappa shape index (κ3) is 5.16. The molecule has 0 fully saturated rings. The third-order valence-electron chi connectivity index (χ3n) is 3.76. The first-order valence-corrected chi connectivity index (χ1v) is 7.75. The molecule has 0 heterocycles. The Morgan fingerprint density at radius 3 is 2.39 bits per heavy atom. The van der Waals surface area contributed by atoms with Gasteiger partial charge in [0.25, 0.3) is 0 Å². The largest absolute Gasteiger partial charge is 0.508 e. The molecule has 0 spiro atoms. The van der Waals surface area contributed by atoms with E-state index in [1.54, 1.807) is 12.1 Å². The lowest BCUT2D eigenvalue weighted by molar-refractivity contribution is 0.174. The van der Waals surface area contributed by atoms with Crippen molar-refractivity contribution in [2.24, 2.45) is 0 Å². The summed E-state index contributed by atoms with van der Waals surface area (Å²) in [5.74, 6) is -0.0923. The van der Waals surface area contributed by atoms with Crippen LogP contribution in [-0.4, -0.2) is 33.5 Å². The molecule has 0 saturated heterocycles. The Labute approximate surface area is 135 Å². The van der Waals surface area contributed by atoms with Gasteiger partial charge in [-0.25, -0.2) is 0 Å². The summed E-state index contributed by atoms with van der Waals surface area (Å²) in [6.45, 7) is 1.13. The lowest BCUT2D eigenvalue weighted by atomic mass is 10.1. The standard InChI is InChI=1S/C18H23NO4/c20-15-7-2-1-5-13(15)6-3-4-10-19-12-18(23)14-8-9-16(21)17(22)11-14/h1-2,5,7-9,11,18-23H,3-4,6,10,12H2. The molecule has 0 bridgehead atoms. The van der Waals surface area contributed by atoms with Gasteiger partial charge in [-0.15, -0.1) is 0 Å². The molecule has 2 aromatic carbocycles. The number of phenolic OH excluding ortho intramolecular Hbond substituents is 3. The van der Waals surface area contributed by atoms with Crippen LogP contribution < -0.4 is 5.32 Å². The Morgan fingerprint density at radius 1 is 0.870 bits per heavy atom. The molecule has 0 aliphatic heterocycles. The molecule has 0 aromatic heterocycles. The summed E-state index contributed by atoms with van der Waals surface area (Å²) in [5, 5.41) is 41.5. The Hall–Kier alpha value is -2.24. The Morgan fingerprint density at radius 2 is 1.65 bits per heavy atom. The van der Waals surface area contributed by atoms with Crippen molar-refractivity contribution in [3.8, 4) is 17.2 Å². The molecule has 2 rings (SSSR count). The highest BCUT2D eigenvalue weighted by atomic mass is 16.3. The summed E-state index contributed by atoms with van der Waals surface area (Å²) in [4.78, 5) is 0. The minimum atomic E-state index is -0.736. The number of aliphatic hydroxyl groups excluding tert-OH is 1. The molecular formula is C18H23NO4. The van der Waals surface area contributed by atoms with E-state index in [9.17, 15) is 20.4 Å². The lowest BCUT2D eigenvalue weighted by Crippen LogP contribution is -2.22. The van der Waals surface area contributed by atoms with Crippen molar-refractivity contribution in [2.45, 2.75) is 25.4 Å². The number of nitrogens with one attached hydrogen (secondary N) is 1. The molecule has 2 aromatic rings. The van der Waals surface area contributed by atoms with Crippen molar-refractivity contribution in [1.82, 2.24) is 5.32 Å². The molecule has 124 valence electrons. The Bertz CT molecular complexity index is 630. The zero-order chi connectivity index (χ0) is 16.7. The van der Waals surface area contributed by atoms with Gasteiger partial charge in [-0.1, -0.05) is 24.3 Å². The van der Waals surface area contributed by atoms with E-state index in [1.165, 1.54) is 12.1 Å². The highest BCUT2D eigenvalue weighted by Gasteiger charge is 2.09. The number of aliphatic hydroxyl groups is 1. The molecule has 1 atom stereocenters. The second-order valence-electron chi connectivity index (χ2n) is 5.55. The monoisotopic (exact) mass is 317 g/mol. The van der Waals surface area contributed by atoms with Crippen LogP contribution in [0.2, 0.25) is 0 Å². The van der Waals surface area contributed by atoms with Crippen LogP contribution in [0.3, 0.4) is 0 Å². The zero-order valence-corrected chi connectivity index (χ0v) is 12.9. The van der Waals surface area contributed by atoms with Crippen molar-refractivity contribution in [3.63, 3.8) is 0 Å². The number of para-hydroxylation sites is 1. The van der Waals surface area contributed by atoms with Gasteiger partial charge in [-0.2, -0.15) is 0 Å². The molecule has 5 heteroatoms. The first kappa shape index (κ1) is 17.1. The number of rotatable bonds is 8. The second kappa shape index (κ2) is 8.41. The third-order valence-corrected chi connectivity index (χ3v) is 3.76. The summed E-state index contributed by atoms with van der Waals surface area (Å²) < 4.78 is 0. The fourth-order valence-corrected chi connectivity index (χ4v) is 2.39. The van der Waals surface area contributed by atoms with Gasteiger partial charge < -0.3 is 25.7 Å². The van der Waals surface area contributed by atoms with Crippen molar-refractivity contribution in [2.75, 3.05) is 13.1 Å². The number of hydrogen-bond acceptors (Lipinski definition) is 5. The van der Waals surface area contributed by atoms with E-state index in [4.69, 9.17) is 0 Å². The highest BCUT2D eigenvalue weighted by molar-refractivity contribution is 5.41. The molecule has 0 radical (unpaired) electrons. The Balaban J connectivity index is 1.65. The van der Waals surface area contributed by atoms with Crippen LogP contribution in [-0.2, 0) is 6.42 Å². The van der Waals surface area contributed by atoms with Crippen LogP contribution in [0.1, 0.15) is 30.1 Å². The molecule has 23 heavy (non-hydrogen) atoms. The summed E-state index contributed by atoms with van der Waals surface area (Å²) >= 11 is 0. The molecule has 5 nitrogen and oxygen atoms in total. The van der Waals surface area contributed by atoms with E-state index < -0.39 is 6.10 Å². The van der Waals surface area contributed by atoms with Gasteiger partial charge in [0.15, 0.2) is 11.5 Å². The zero-order valence-electron chi connectivity index (χ0n) is 12.9. The van der Waals surface area contributed by atoms with Gasteiger partial charge in [0, 0.05) is 6.54 Å². The van der Waals surface area contributed by atoms with Gasteiger partial charge in [0.1, 0.15) is 5.75 Å².